The predicted octanol–water partition coefficient (Wildman–Crippen LogP) is 5.75. The summed E-state index contributed by atoms with van der Waals surface area (Å²) in [6.07, 6.45) is 0.155. The number of anilines is 2. The van der Waals surface area contributed by atoms with Crippen molar-refractivity contribution in [2.45, 2.75) is 6.42 Å². The van der Waals surface area contributed by atoms with Crippen LogP contribution in [0.4, 0.5) is 11.4 Å². The smallest absolute Gasteiger partial charge is 0.255 e. The number of ether oxygens (including phenoxy) is 1. The second-order valence-corrected chi connectivity index (χ2v) is 7.84. The average Bonchev–Trinajstić information content (AvgIpc) is 2.90. The fourth-order valence-corrected chi connectivity index (χ4v) is 3.71. The number of benzene rings is 4. The summed E-state index contributed by atoms with van der Waals surface area (Å²) in [6, 6.07) is 31.7. The van der Waals surface area contributed by atoms with Crippen molar-refractivity contribution in [2.75, 3.05) is 24.6 Å². The van der Waals surface area contributed by atoms with Crippen molar-refractivity contribution in [1.82, 2.24) is 0 Å². The summed E-state index contributed by atoms with van der Waals surface area (Å²) in [6.45, 7) is 0. The number of rotatable bonds is 8. The van der Waals surface area contributed by atoms with E-state index in [-0.39, 0.29) is 18.2 Å². The summed E-state index contributed by atoms with van der Waals surface area (Å²) in [5, 5.41) is 4.12. The number of hydrogen-bond acceptors (Lipinski definition) is 4. The Morgan fingerprint density at radius 2 is 1.46 bits per heavy atom. The van der Waals surface area contributed by atoms with Gasteiger partial charge in [-0.15, -0.1) is 0 Å². The molecule has 35 heavy (non-hydrogen) atoms. The Hall–Kier alpha value is -4.42. The molecule has 0 fully saturated rings. The first-order valence-electron chi connectivity index (χ1n) is 11.1. The Labute approximate surface area is 204 Å². The van der Waals surface area contributed by atoms with E-state index in [4.69, 9.17) is 9.57 Å². The number of carbonyl (C=O) groups is 2. The van der Waals surface area contributed by atoms with Crippen LogP contribution in [0.1, 0.15) is 15.9 Å². The van der Waals surface area contributed by atoms with Crippen LogP contribution in [0.25, 0.3) is 11.1 Å². The number of hydroxylamine groups is 1. The minimum atomic E-state index is -0.226. The van der Waals surface area contributed by atoms with Gasteiger partial charge in [0.15, 0.2) is 0 Å². The highest BCUT2D eigenvalue weighted by atomic mass is 16.7. The molecule has 1 N–H and O–H groups in total. The van der Waals surface area contributed by atoms with Gasteiger partial charge in [-0.3, -0.25) is 14.4 Å². The normalized spacial score (nSPS) is 10.5. The van der Waals surface area contributed by atoms with Gasteiger partial charge in [0.1, 0.15) is 5.75 Å². The van der Waals surface area contributed by atoms with Gasteiger partial charge in [-0.05, 0) is 65.2 Å². The Balaban J connectivity index is 1.40. The minimum Gasteiger partial charge on any atom is -0.497 e. The zero-order chi connectivity index (χ0) is 24.6. The first kappa shape index (κ1) is 23.7. The van der Waals surface area contributed by atoms with Crippen molar-refractivity contribution in [2.24, 2.45) is 0 Å². The molecule has 0 bridgehead atoms. The topological polar surface area (TPSA) is 67.9 Å². The quantitative estimate of drug-likeness (QED) is 0.336. The SMILES string of the molecule is COc1cccc(CC(=O)N(OC)c2ccc(NC(=O)c3ccc(-c4ccccc4)cc3)cc2)c1. The predicted molar refractivity (Wildman–Crippen MR) is 137 cm³/mol. The highest BCUT2D eigenvalue weighted by molar-refractivity contribution is 6.04. The Morgan fingerprint density at radius 3 is 2.11 bits per heavy atom. The lowest BCUT2D eigenvalue weighted by Crippen LogP contribution is -2.31. The summed E-state index contributed by atoms with van der Waals surface area (Å²) < 4.78 is 5.22. The molecule has 0 aliphatic heterocycles. The molecule has 0 radical (unpaired) electrons. The van der Waals surface area contributed by atoms with E-state index in [0.717, 1.165) is 16.7 Å². The standard InChI is InChI=1S/C29H26N2O4/c1-34-27-10-6-7-21(19-27)20-28(32)31(35-2)26-17-15-25(16-18-26)30-29(33)24-13-11-23(12-14-24)22-8-4-3-5-9-22/h3-19H,20H2,1-2H3,(H,30,33). The summed E-state index contributed by atoms with van der Waals surface area (Å²) in [5.74, 6) is 0.250. The van der Waals surface area contributed by atoms with Gasteiger partial charge in [0.25, 0.3) is 11.8 Å². The minimum absolute atomic E-state index is 0.155. The van der Waals surface area contributed by atoms with E-state index < -0.39 is 0 Å². The molecule has 0 saturated carbocycles. The largest absolute Gasteiger partial charge is 0.497 e. The van der Waals surface area contributed by atoms with E-state index >= 15 is 0 Å². The maximum atomic E-state index is 12.8. The van der Waals surface area contributed by atoms with E-state index in [2.05, 4.69) is 5.32 Å². The van der Waals surface area contributed by atoms with Crippen molar-refractivity contribution in [3.8, 4) is 16.9 Å². The van der Waals surface area contributed by atoms with E-state index in [1.54, 1.807) is 43.5 Å². The molecule has 176 valence electrons. The Morgan fingerprint density at radius 1 is 0.771 bits per heavy atom. The number of carbonyl (C=O) groups excluding carboxylic acids is 2. The van der Waals surface area contributed by atoms with Crippen molar-refractivity contribution >= 4 is 23.2 Å². The first-order chi connectivity index (χ1) is 17.1. The fraction of sp³-hybridized carbons (Fsp3) is 0.103. The van der Waals surface area contributed by atoms with Gasteiger partial charge < -0.3 is 10.1 Å². The summed E-state index contributed by atoms with van der Waals surface area (Å²) >= 11 is 0. The van der Waals surface area contributed by atoms with Gasteiger partial charge in [-0.2, -0.15) is 5.06 Å². The molecule has 0 unspecified atom stereocenters. The maximum Gasteiger partial charge on any atom is 0.255 e. The molecule has 0 spiro atoms. The van der Waals surface area contributed by atoms with Gasteiger partial charge in [-0.1, -0.05) is 54.6 Å². The molecule has 6 nitrogen and oxygen atoms in total. The third-order valence-corrected chi connectivity index (χ3v) is 5.51. The number of methoxy groups -OCH3 is 1. The van der Waals surface area contributed by atoms with E-state index in [1.165, 1.54) is 12.2 Å². The Bertz CT molecular complexity index is 1290. The molecule has 0 saturated heterocycles. The van der Waals surface area contributed by atoms with Crippen LogP contribution in [0.2, 0.25) is 0 Å². The molecular weight excluding hydrogens is 440 g/mol. The van der Waals surface area contributed by atoms with Gasteiger partial charge in [0.2, 0.25) is 0 Å². The van der Waals surface area contributed by atoms with Crippen molar-refractivity contribution in [3.05, 3.63) is 114 Å². The van der Waals surface area contributed by atoms with Gasteiger partial charge >= 0.3 is 0 Å². The van der Waals surface area contributed by atoms with Gasteiger partial charge in [0, 0.05) is 11.3 Å². The number of nitrogens with zero attached hydrogens (tertiary/aromatic N) is 1. The van der Waals surface area contributed by atoms with E-state index in [9.17, 15) is 9.59 Å². The fourth-order valence-electron chi connectivity index (χ4n) is 3.71. The van der Waals surface area contributed by atoms with Crippen LogP contribution in [0.15, 0.2) is 103 Å². The molecule has 4 aromatic rings. The van der Waals surface area contributed by atoms with E-state index in [0.29, 0.717) is 22.7 Å². The third kappa shape index (κ3) is 5.93. The Kier molecular flexibility index (Phi) is 7.55. The second-order valence-electron chi connectivity index (χ2n) is 7.84. The lowest BCUT2D eigenvalue weighted by atomic mass is 10.0. The number of hydrogen-bond donors (Lipinski definition) is 1. The molecule has 0 aliphatic rings. The lowest BCUT2D eigenvalue weighted by Gasteiger charge is -2.20. The van der Waals surface area contributed by atoms with Crippen LogP contribution in [0.5, 0.6) is 5.75 Å². The second kappa shape index (κ2) is 11.1. The molecule has 0 aliphatic carbocycles. The molecule has 4 aromatic carbocycles. The van der Waals surface area contributed by atoms with Gasteiger partial charge in [0.05, 0.1) is 26.3 Å². The van der Waals surface area contributed by atoms with Crippen molar-refractivity contribution in [1.29, 1.82) is 0 Å². The maximum absolute atomic E-state index is 12.8. The molecule has 4 rings (SSSR count). The molecule has 6 heteroatoms. The summed E-state index contributed by atoms with van der Waals surface area (Å²) in [4.78, 5) is 30.8. The van der Waals surface area contributed by atoms with Crippen LogP contribution >= 0.6 is 0 Å². The molecular formula is C29H26N2O4. The molecule has 0 aromatic heterocycles. The van der Waals surface area contributed by atoms with Crippen LogP contribution in [-0.4, -0.2) is 26.0 Å². The zero-order valence-electron chi connectivity index (χ0n) is 19.6. The molecule has 0 atom stereocenters. The third-order valence-electron chi connectivity index (χ3n) is 5.51. The summed E-state index contributed by atoms with van der Waals surface area (Å²) in [5.41, 5.74) is 4.69. The zero-order valence-corrected chi connectivity index (χ0v) is 19.6. The van der Waals surface area contributed by atoms with E-state index in [1.807, 2.05) is 66.7 Å². The molecule has 2 amide bonds. The highest BCUT2D eigenvalue weighted by Gasteiger charge is 2.17. The lowest BCUT2D eigenvalue weighted by molar-refractivity contribution is -0.124. The van der Waals surface area contributed by atoms with Gasteiger partial charge in [-0.25, -0.2) is 0 Å². The average molecular weight is 467 g/mol. The number of amides is 2. The van der Waals surface area contributed by atoms with Crippen LogP contribution in [0, 0.1) is 0 Å². The number of nitrogens with one attached hydrogen (secondary N) is 1. The first-order valence-corrected chi connectivity index (χ1v) is 11.1. The van der Waals surface area contributed by atoms with Crippen molar-refractivity contribution in [3.63, 3.8) is 0 Å². The van der Waals surface area contributed by atoms with Crippen LogP contribution < -0.4 is 15.1 Å². The van der Waals surface area contributed by atoms with Crippen LogP contribution in [-0.2, 0) is 16.1 Å². The highest BCUT2D eigenvalue weighted by Crippen LogP contribution is 2.22. The van der Waals surface area contributed by atoms with Crippen LogP contribution in [0.3, 0.4) is 0 Å². The molecule has 0 heterocycles. The monoisotopic (exact) mass is 466 g/mol. The summed E-state index contributed by atoms with van der Waals surface area (Å²) in [7, 11) is 3.03. The van der Waals surface area contributed by atoms with Crippen molar-refractivity contribution < 1.29 is 19.2 Å².